The summed E-state index contributed by atoms with van der Waals surface area (Å²) >= 11 is 6.77. The van der Waals surface area contributed by atoms with Gasteiger partial charge in [0.2, 0.25) is 5.91 Å². The lowest BCUT2D eigenvalue weighted by Gasteiger charge is -2.44. The van der Waals surface area contributed by atoms with Crippen LogP contribution in [0.25, 0.3) is 0 Å². The number of hydrogen-bond donors (Lipinski definition) is 2. The third kappa shape index (κ3) is 7.48. The fraction of sp³-hybridized carbons (Fsp3) is 0.611. The smallest absolute Gasteiger partial charge is 0.323 e. The number of ether oxygens (including phenoxy) is 3. The molecule has 3 aliphatic heterocycles. The molecule has 254 valence electrons. The second-order valence-electron chi connectivity index (χ2n) is 14.0. The first-order valence-corrected chi connectivity index (χ1v) is 16.6. The van der Waals surface area contributed by atoms with Crippen molar-refractivity contribution in [2.75, 3.05) is 19.0 Å². The van der Waals surface area contributed by atoms with Gasteiger partial charge in [0.05, 0.1) is 23.2 Å². The molecule has 3 aliphatic rings. The second-order valence-corrected chi connectivity index (χ2v) is 14.4. The Morgan fingerprint density at radius 2 is 1.93 bits per heavy atom. The maximum atomic E-state index is 14.0. The number of nitrogens with one attached hydrogen (secondary N) is 1. The van der Waals surface area contributed by atoms with Gasteiger partial charge in [-0.2, -0.15) is 0 Å². The van der Waals surface area contributed by atoms with E-state index in [9.17, 15) is 14.7 Å². The van der Waals surface area contributed by atoms with Gasteiger partial charge in [-0.05, 0) is 78.8 Å². The molecule has 0 aliphatic carbocycles. The molecule has 2 N–H and O–H groups in total. The van der Waals surface area contributed by atoms with Crippen LogP contribution in [0.15, 0.2) is 48.4 Å². The van der Waals surface area contributed by atoms with Gasteiger partial charge >= 0.3 is 5.97 Å². The Hall–Kier alpha value is -2.85. The summed E-state index contributed by atoms with van der Waals surface area (Å²) in [7, 11) is 3.57. The van der Waals surface area contributed by atoms with Gasteiger partial charge in [0.15, 0.2) is 5.88 Å². The van der Waals surface area contributed by atoms with Crippen molar-refractivity contribution in [3.8, 4) is 0 Å². The first-order valence-electron chi connectivity index (χ1n) is 16.2. The molecule has 46 heavy (non-hydrogen) atoms. The maximum Gasteiger partial charge on any atom is 0.323 e. The van der Waals surface area contributed by atoms with Gasteiger partial charge in [0.1, 0.15) is 29.6 Å². The monoisotopic (exact) mass is 657 g/mol. The van der Waals surface area contributed by atoms with E-state index in [4.69, 9.17) is 25.8 Å². The number of fused-ring (bicyclic) bond motifs is 5. The first-order chi connectivity index (χ1) is 21.4. The highest BCUT2D eigenvalue weighted by molar-refractivity contribution is 6.34. The quantitative estimate of drug-likeness (QED) is 0.316. The number of carbonyl (C=O) groups is 2. The van der Waals surface area contributed by atoms with Gasteiger partial charge < -0.3 is 29.5 Å². The third-order valence-electron chi connectivity index (χ3n) is 10.2. The third-order valence-corrected chi connectivity index (χ3v) is 10.7. The lowest BCUT2D eigenvalue weighted by Crippen LogP contribution is -2.57. The van der Waals surface area contributed by atoms with E-state index >= 15 is 0 Å². The Labute approximate surface area is 279 Å². The van der Waals surface area contributed by atoms with Gasteiger partial charge in [-0.3, -0.25) is 14.5 Å². The largest absolute Gasteiger partial charge is 0.476 e. The Balaban J connectivity index is 1.76. The summed E-state index contributed by atoms with van der Waals surface area (Å²) < 4.78 is 18.6. The Kier molecular flexibility index (Phi) is 10.7. The standard InChI is InChI=1S/C36H52ClN3O6/c1-20(2)39(10)25(7)34(42)45-30-18-31(41)40(11)28-17-27(16-22(4)32(28)37)15-21(3)13-12-14-23(5)36(43)19-29(44-26(8)38-36)24(6)33-35(30,9)46-33/h12-14,16-17,20,23-25,29-30,33,38,43H,8,15,18-19H2,1-7,9-11H3/b14-12+,21-13+/t23-,24?,25+,29+,30+,33+,35+,36+/m1/s1. The van der Waals surface area contributed by atoms with Crippen LogP contribution in [-0.2, 0) is 30.2 Å². The van der Waals surface area contributed by atoms with Gasteiger partial charge in [-0.15, -0.1) is 0 Å². The number of allylic oxidation sites excluding steroid dienone is 3. The number of aliphatic hydroxyl groups is 1. The zero-order valence-electron chi connectivity index (χ0n) is 29.0. The molecule has 10 heteroatoms. The van der Waals surface area contributed by atoms with Crippen molar-refractivity contribution in [1.29, 1.82) is 0 Å². The molecule has 3 heterocycles. The molecular formula is C36H52ClN3O6. The number of epoxide rings is 1. The molecule has 8 atom stereocenters. The van der Waals surface area contributed by atoms with E-state index in [0.29, 0.717) is 17.1 Å². The number of esters is 1. The van der Waals surface area contributed by atoms with Crippen molar-refractivity contribution in [3.63, 3.8) is 0 Å². The van der Waals surface area contributed by atoms with Crippen molar-refractivity contribution < 1.29 is 28.9 Å². The summed E-state index contributed by atoms with van der Waals surface area (Å²) in [6.45, 7) is 19.6. The molecule has 1 aromatic carbocycles. The highest BCUT2D eigenvalue weighted by Crippen LogP contribution is 2.49. The average Bonchev–Trinajstić information content (AvgIpc) is 3.68. The minimum atomic E-state index is -1.30. The molecule has 2 fully saturated rings. The van der Waals surface area contributed by atoms with Crippen LogP contribution in [0.1, 0.15) is 72.4 Å². The molecule has 4 rings (SSSR count). The molecule has 0 saturated carbocycles. The van der Waals surface area contributed by atoms with Gasteiger partial charge in [0, 0.05) is 31.3 Å². The summed E-state index contributed by atoms with van der Waals surface area (Å²) in [4.78, 5) is 31.0. The Bertz CT molecular complexity index is 1410. The number of benzene rings is 1. The molecule has 4 bridgehead atoms. The van der Waals surface area contributed by atoms with Crippen LogP contribution in [0.4, 0.5) is 5.69 Å². The van der Waals surface area contributed by atoms with E-state index in [0.717, 1.165) is 16.7 Å². The van der Waals surface area contributed by atoms with Crippen LogP contribution in [0.5, 0.6) is 0 Å². The van der Waals surface area contributed by atoms with Crippen LogP contribution >= 0.6 is 11.6 Å². The molecular weight excluding hydrogens is 606 g/mol. The van der Waals surface area contributed by atoms with E-state index in [-0.39, 0.29) is 42.5 Å². The maximum absolute atomic E-state index is 14.0. The molecule has 1 unspecified atom stereocenters. The van der Waals surface area contributed by atoms with Crippen molar-refractivity contribution in [2.24, 2.45) is 11.8 Å². The van der Waals surface area contributed by atoms with Crippen LogP contribution in [0.2, 0.25) is 5.02 Å². The lowest BCUT2D eigenvalue weighted by molar-refractivity contribution is -0.159. The highest BCUT2D eigenvalue weighted by atomic mass is 35.5. The van der Waals surface area contributed by atoms with Gasteiger partial charge in [-0.25, -0.2) is 0 Å². The Morgan fingerprint density at radius 3 is 2.59 bits per heavy atom. The molecule has 1 aromatic rings. The van der Waals surface area contributed by atoms with Crippen molar-refractivity contribution >= 4 is 29.2 Å². The van der Waals surface area contributed by atoms with Crippen LogP contribution < -0.4 is 10.2 Å². The number of carbonyl (C=O) groups excluding carboxylic acids is 2. The molecule has 9 nitrogen and oxygen atoms in total. The van der Waals surface area contributed by atoms with Gasteiger partial charge in [-0.1, -0.05) is 55.3 Å². The zero-order valence-corrected chi connectivity index (χ0v) is 29.8. The molecule has 2 saturated heterocycles. The normalized spacial score (nSPS) is 34.6. The zero-order chi connectivity index (χ0) is 34.3. The predicted molar refractivity (Wildman–Crippen MR) is 181 cm³/mol. The number of rotatable bonds is 4. The van der Waals surface area contributed by atoms with Crippen molar-refractivity contribution in [1.82, 2.24) is 10.2 Å². The molecule has 0 spiro atoms. The number of halogens is 1. The predicted octanol–water partition coefficient (Wildman–Crippen LogP) is 5.67. The topological polar surface area (TPSA) is 104 Å². The second kappa shape index (κ2) is 13.7. The van der Waals surface area contributed by atoms with Gasteiger partial charge in [0.25, 0.3) is 0 Å². The van der Waals surface area contributed by atoms with E-state index in [2.05, 4.69) is 11.9 Å². The SMILES string of the molecule is C=C1N[C@]2(O)C[C@H](O1)C(C)[C@@H]1O[C@@]1(C)[C@@H](OC(=O)[C@H](C)N(C)C(C)C)CC(=O)N(C)c1cc(cc(C)c1Cl)C/C(C)=C/C=C/[C@H]2C. The first kappa shape index (κ1) is 36.0. The number of hydrogen-bond acceptors (Lipinski definition) is 8. The lowest BCUT2D eigenvalue weighted by atomic mass is 9.82. The number of nitrogens with zero attached hydrogens (tertiary/aromatic N) is 2. The summed E-state index contributed by atoms with van der Waals surface area (Å²) in [5.74, 6) is -0.911. The summed E-state index contributed by atoms with van der Waals surface area (Å²) in [5, 5.41) is 15.3. The minimum Gasteiger partial charge on any atom is -0.476 e. The Morgan fingerprint density at radius 1 is 1.26 bits per heavy atom. The minimum absolute atomic E-state index is 0.108. The molecule has 1 amide bonds. The summed E-state index contributed by atoms with van der Waals surface area (Å²) in [6, 6.07) is 3.54. The number of amides is 1. The van der Waals surface area contributed by atoms with Crippen molar-refractivity contribution in [2.45, 2.75) is 116 Å². The van der Waals surface area contributed by atoms with Crippen LogP contribution in [0, 0.1) is 18.8 Å². The average molecular weight is 658 g/mol. The number of likely N-dealkylation sites (N-methyl/N-ethyl adjacent to an activating group) is 1. The fourth-order valence-electron chi connectivity index (χ4n) is 6.51. The number of anilines is 1. The number of aryl methyl sites for hydroxylation is 1. The summed E-state index contributed by atoms with van der Waals surface area (Å²) in [6.07, 6.45) is 5.05. The molecule has 0 aromatic heterocycles. The fourth-order valence-corrected chi connectivity index (χ4v) is 6.74. The van der Waals surface area contributed by atoms with E-state index in [1.165, 1.54) is 0 Å². The van der Waals surface area contributed by atoms with Crippen molar-refractivity contribution in [3.05, 3.63) is 64.5 Å². The van der Waals surface area contributed by atoms with Crippen LogP contribution in [-0.4, -0.2) is 77.7 Å². The van der Waals surface area contributed by atoms with E-state index in [1.54, 1.807) is 18.9 Å². The summed E-state index contributed by atoms with van der Waals surface area (Å²) in [5.41, 5.74) is 1.29. The highest BCUT2D eigenvalue weighted by Gasteiger charge is 2.64. The molecule has 0 radical (unpaired) electrons. The van der Waals surface area contributed by atoms with E-state index < -0.39 is 41.6 Å². The van der Waals surface area contributed by atoms with Crippen LogP contribution in [0.3, 0.4) is 0 Å². The van der Waals surface area contributed by atoms with E-state index in [1.807, 2.05) is 90.8 Å².